The van der Waals surface area contributed by atoms with Crippen molar-refractivity contribution >= 4 is 12.4 Å². The van der Waals surface area contributed by atoms with Crippen LogP contribution in [0.5, 0.6) is 0 Å². The van der Waals surface area contributed by atoms with E-state index in [1.165, 1.54) is 44.9 Å². The van der Waals surface area contributed by atoms with Gasteiger partial charge in [0.15, 0.2) is 0 Å². The van der Waals surface area contributed by atoms with E-state index in [4.69, 9.17) is 0 Å². The van der Waals surface area contributed by atoms with E-state index >= 15 is 0 Å². The van der Waals surface area contributed by atoms with Crippen LogP contribution in [0.25, 0.3) is 0 Å². The molecule has 0 bridgehead atoms. The van der Waals surface area contributed by atoms with Crippen molar-refractivity contribution in [3.8, 4) is 0 Å². The maximum atomic E-state index is 3.82. The molecule has 0 amide bonds. The normalized spacial score (nSPS) is 9.27. The van der Waals surface area contributed by atoms with Crippen molar-refractivity contribution < 1.29 is 0 Å². The van der Waals surface area contributed by atoms with Crippen molar-refractivity contribution in [3.05, 3.63) is 6.92 Å². The lowest BCUT2D eigenvalue weighted by molar-refractivity contribution is 0.592. The monoisotopic (exact) mass is 177 g/mol. The minimum Gasteiger partial charge on any atom is -0.147 e. The predicted molar refractivity (Wildman–Crippen MR) is 55.2 cm³/mol. The Morgan fingerprint density at radius 1 is 0.818 bits per heavy atom. The lowest BCUT2D eigenvalue weighted by atomic mass is 10.1. The number of rotatable bonds is 7. The molecule has 1 radical (unpaired) electrons. The third-order valence-electron chi connectivity index (χ3n) is 1.85. The number of hydrogen-bond acceptors (Lipinski definition) is 0. The highest BCUT2D eigenvalue weighted by Gasteiger charge is 1.87. The van der Waals surface area contributed by atoms with Crippen molar-refractivity contribution in [1.29, 1.82) is 0 Å². The summed E-state index contributed by atoms with van der Waals surface area (Å²) in [5.74, 6) is 0. The number of unbranched alkanes of at least 4 members (excludes halogenated alkanes) is 7. The van der Waals surface area contributed by atoms with Crippen LogP contribution in [0, 0.1) is 6.92 Å². The molecule has 0 heterocycles. The van der Waals surface area contributed by atoms with Gasteiger partial charge in [0.05, 0.1) is 0 Å². The third kappa shape index (κ3) is 13.3. The van der Waals surface area contributed by atoms with E-state index in [0.717, 1.165) is 6.42 Å². The van der Waals surface area contributed by atoms with Gasteiger partial charge in [0, 0.05) is 0 Å². The minimum atomic E-state index is 0. The number of halogens is 1. The van der Waals surface area contributed by atoms with Gasteiger partial charge in [-0.3, -0.25) is 0 Å². The summed E-state index contributed by atoms with van der Waals surface area (Å²) in [7, 11) is 0. The number of hydrogen-bond donors (Lipinski definition) is 0. The van der Waals surface area contributed by atoms with Gasteiger partial charge >= 0.3 is 0 Å². The molecule has 0 N–H and O–H groups in total. The van der Waals surface area contributed by atoms with Crippen LogP contribution in [-0.4, -0.2) is 0 Å². The molecule has 0 rings (SSSR count). The molecular formula is C10H22Cl. The molecule has 0 spiro atoms. The molecule has 1 heteroatoms. The van der Waals surface area contributed by atoms with E-state index in [0.29, 0.717) is 0 Å². The second-order valence-electron chi connectivity index (χ2n) is 2.97. The first-order valence-electron chi connectivity index (χ1n) is 4.71. The zero-order valence-corrected chi connectivity index (χ0v) is 8.59. The summed E-state index contributed by atoms with van der Waals surface area (Å²) < 4.78 is 0. The van der Waals surface area contributed by atoms with Gasteiger partial charge in [-0.1, -0.05) is 65.2 Å². The quantitative estimate of drug-likeness (QED) is 0.507. The van der Waals surface area contributed by atoms with Crippen molar-refractivity contribution in [1.82, 2.24) is 0 Å². The Labute approximate surface area is 78.2 Å². The Morgan fingerprint density at radius 3 is 1.73 bits per heavy atom. The molecule has 0 aliphatic carbocycles. The van der Waals surface area contributed by atoms with Crippen molar-refractivity contribution in [3.63, 3.8) is 0 Å². The van der Waals surface area contributed by atoms with Crippen molar-refractivity contribution in [2.75, 3.05) is 0 Å². The van der Waals surface area contributed by atoms with E-state index in [1.807, 2.05) is 0 Å². The maximum absolute atomic E-state index is 3.82. The highest BCUT2D eigenvalue weighted by Crippen LogP contribution is 2.07. The first-order valence-corrected chi connectivity index (χ1v) is 4.71. The second kappa shape index (κ2) is 12.9. The Hall–Kier alpha value is 0.290. The van der Waals surface area contributed by atoms with Gasteiger partial charge < -0.3 is 0 Å². The van der Waals surface area contributed by atoms with Gasteiger partial charge in [-0.25, -0.2) is 0 Å². The van der Waals surface area contributed by atoms with Gasteiger partial charge in [-0.15, -0.1) is 12.4 Å². The highest BCUT2D eigenvalue weighted by atomic mass is 35.5. The van der Waals surface area contributed by atoms with E-state index in [1.54, 1.807) is 0 Å². The van der Waals surface area contributed by atoms with E-state index in [-0.39, 0.29) is 12.4 Å². The summed E-state index contributed by atoms with van der Waals surface area (Å²) >= 11 is 0. The lowest BCUT2D eigenvalue weighted by Gasteiger charge is -1.97. The zero-order chi connectivity index (χ0) is 7.66. The molecule has 0 aromatic carbocycles. The lowest BCUT2D eigenvalue weighted by Crippen LogP contribution is -1.77. The Morgan fingerprint density at radius 2 is 1.27 bits per heavy atom. The van der Waals surface area contributed by atoms with E-state index < -0.39 is 0 Å². The Bertz CT molecular complexity index is 44.8. The van der Waals surface area contributed by atoms with Crippen molar-refractivity contribution in [2.45, 2.75) is 58.3 Å². The molecule has 0 aromatic rings. The molecule has 0 nitrogen and oxygen atoms in total. The average Bonchev–Trinajstić information content (AvgIpc) is 1.97. The topological polar surface area (TPSA) is 0 Å². The van der Waals surface area contributed by atoms with Crippen LogP contribution in [0.3, 0.4) is 0 Å². The van der Waals surface area contributed by atoms with Gasteiger partial charge in [0.2, 0.25) is 0 Å². The van der Waals surface area contributed by atoms with E-state index in [9.17, 15) is 0 Å². The molecule has 11 heavy (non-hydrogen) atoms. The van der Waals surface area contributed by atoms with Gasteiger partial charge in [-0.05, 0) is 0 Å². The summed E-state index contributed by atoms with van der Waals surface area (Å²) in [5, 5.41) is 0. The molecule has 69 valence electrons. The average molecular weight is 178 g/mol. The molecule has 0 aliphatic heterocycles. The van der Waals surface area contributed by atoms with Crippen molar-refractivity contribution in [2.24, 2.45) is 0 Å². The SMILES string of the molecule is Cl.[CH2]CCCCCCCCC. The summed E-state index contributed by atoms with van der Waals surface area (Å²) in [4.78, 5) is 0. The largest absolute Gasteiger partial charge is 0.147 e. The molecule has 0 saturated carbocycles. The molecule has 0 atom stereocenters. The molecule has 0 saturated heterocycles. The van der Waals surface area contributed by atoms with Crippen LogP contribution >= 0.6 is 12.4 Å². The van der Waals surface area contributed by atoms with Crippen LogP contribution in [0.15, 0.2) is 0 Å². The minimum absolute atomic E-state index is 0. The fourth-order valence-electron chi connectivity index (χ4n) is 1.13. The van der Waals surface area contributed by atoms with Crippen LogP contribution in [0.1, 0.15) is 58.3 Å². The molecule has 0 aliphatic rings. The summed E-state index contributed by atoms with van der Waals surface area (Å²) in [6.07, 6.45) is 10.9. The summed E-state index contributed by atoms with van der Waals surface area (Å²) in [6, 6.07) is 0. The smallest absolute Gasteiger partial charge is 0.0533 e. The third-order valence-corrected chi connectivity index (χ3v) is 1.85. The Kier molecular flexibility index (Phi) is 16.3. The maximum Gasteiger partial charge on any atom is -0.0533 e. The summed E-state index contributed by atoms with van der Waals surface area (Å²) in [6.45, 7) is 6.08. The van der Waals surface area contributed by atoms with Gasteiger partial charge in [0.25, 0.3) is 0 Å². The fourth-order valence-corrected chi connectivity index (χ4v) is 1.13. The highest BCUT2D eigenvalue weighted by molar-refractivity contribution is 5.85. The second-order valence-corrected chi connectivity index (χ2v) is 2.97. The molecular weight excluding hydrogens is 156 g/mol. The van der Waals surface area contributed by atoms with Crippen LogP contribution in [-0.2, 0) is 0 Å². The summed E-state index contributed by atoms with van der Waals surface area (Å²) in [5.41, 5.74) is 0. The standard InChI is InChI=1S/C10H21.ClH/c1-3-5-7-9-10-8-6-4-2;/h1,3-10H2,2H3;1H. The predicted octanol–water partition coefficient (Wildman–Crippen LogP) is 4.38. The first-order chi connectivity index (χ1) is 4.91. The zero-order valence-electron chi connectivity index (χ0n) is 7.77. The van der Waals surface area contributed by atoms with Crippen LogP contribution in [0.4, 0.5) is 0 Å². The van der Waals surface area contributed by atoms with Crippen LogP contribution < -0.4 is 0 Å². The first kappa shape index (κ1) is 13.9. The van der Waals surface area contributed by atoms with Gasteiger partial charge in [-0.2, -0.15) is 0 Å². The van der Waals surface area contributed by atoms with Gasteiger partial charge in [0.1, 0.15) is 0 Å². The molecule has 0 fully saturated rings. The van der Waals surface area contributed by atoms with Crippen LogP contribution in [0.2, 0.25) is 0 Å². The molecule has 0 aromatic heterocycles. The fraction of sp³-hybridized carbons (Fsp3) is 0.900. The molecule has 0 unspecified atom stereocenters. The Balaban J connectivity index is 0. The van der Waals surface area contributed by atoms with E-state index in [2.05, 4.69) is 13.8 Å².